The molecule has 0 saturated heterocycles. The first-order chi connectivity index (χ1) is 7.76. The Morgan fingerprint density at radius 1 is 1.25 bits per heavy atom. The van der Waals surface area contributed by atoms with Gasteiger partial charge in [0.1, 0.15) is 11.9 Å². The maximum atomic E-state index is 5.89. The summed E-state index contributed by atoms with van der Waals surface area (Å²) in [6.45, 7) is 6.15. The summed E-state index contributed by atoms with van der Waals surface area (Å²) in [6.07, 6.45) is 2.44. The highest BCUT2D eigenvalue weighted by atomic mass is 35.5. The van der Waals surface area contributed by atoms with Crippen LogP contribution in [0.5, 0.6) is 5.75 Å². The zero-order valence-electron chi connectivity index (χ0n) is 10.0. The third-order valence-corrected chi connectivity index (χ3v) is 2.60. The highest BCUT2D eigenvalue weighted by molar-refractivity contribution is 6.30. The molecule has 0 amide bonds. The lowest BCUT2D eigenvalue weighted by atomic mass is 10.2. The molecule has 3 heteroatoms. The minimum absolute atomic E-state index is 0.242. The maximum absolute atomic E-state index is 5.89. The predicted molar refractivity (Wildman–Crippen MR) is 69.3 cm³/mol. The van der Waals surface area contributed by atoms with Crippen molar-refractivity contribution in [1.82, 2.24) is 5.32 Å². The van der Waals surface area contributed by atoms with Crippen molar-refractivity contribution in [2.24, 2.45) is 0 Å². The van der Waals surface area contributed by atoms with Crippen LogP contribution in [-0.2, 0) is 0 Å². The largest absolute Gasteiger partial charge is 0.489 e. The number of benzene rings is 1. The van der Waals surface area contributed by atoms with Crippen molar-refractivity contribution in [3.8, 4) is 5.75 Å². The van der Waals surface area contributed by atoms with Crippen LogP contribution >= 0.6 is 11.6 Å². The molecule has 0 spiro atoms. The SMILES string of the molecule is CCCC(CNCC)Oc1ccc(Cl)cc1. The van der Waals surface area contributed by atoms with Crippen molar-refractivity contribution in [2.75, 3.05) is 13.1 Å². The molecule has 0 fully saturated rings. The van der Waals surface area contributed by atoms with E-state index >= 15 is 0 Å². The summed E-state index contributed by atoms with van der Waals surface area (Å²) >= 11 is 5.83. The van der Waals surface area contributed by atoms with Gasteiger partial charge in [0.2, 0.25) is 0 Å². The topological polar surface area (TPSA) is 21.3 Å². The number of halogens is 1. The summed E-state index contributed by atoms with van der Waals surface area (Å²) in [4.78, 5) is 0. The number of ether oxygens (including phenoxy) is 1. The van der Waals surface area contributed by atoms with E-state index in [-0.39, 0.29) is 6.10 Å². The second-order valence-electron chi connectivity index (χ2n) is 3.79. The molecule has 0 aliphatic rings. The smallest absolute Gasteiger partial charge is 0.119 e. The van der Waals surface area contributed by atoms with Crippen LogP contribution in [-0.4, -0.2) is 19.2 Å². The van der Waals surface area contributed by atoms with E-state index in [0.717, 1.165) is 36.7 Å². The molecule has 2 nitrogen and oxygen atoms in total. The first kappa shape index (κ1) is 13.3. The van der Waals surface area contributed by atoms with E-state index < -0.39 is 0 Å². The van der Waals surface area contributed by atoms with Gasteiger partial charge in [-0.2, -0.15) is 0 Å². The van der Waals surface area contributed by atoms with Crippen LogP contribution in [0.2, 0.25) is 5.02 Å². The maximum Gasteiger partial charge on any atom is 0.119 e. The van der Waals surface area contributed by atoms with Gasteiger partial charge in [-0.05, 0) is 37.2 Å². The zero-order chi connectivity index (χ0) is 11.8. The van der Waals surface area contributed by atoms with Gasteiger partial charge in [-0.1, -0.05) is 31.9 Å². The van der Waals surface area contributed by atoms with E-state index in [4.69, 9.17) is 16.3 Å². The Bertz CT molecular complexity index is 286. The first-order valence-corrected chi connectivity index (χ1v) is 6.27. The lowest BCUT2D eigenvalue weighted by Crippen LogP contribution is -2.31. The molecule has 0 saturated carbocycles. The molecule has 1 rings (SSSR count). The number of hydrogen-bond acceptors (Lipinski definition) is 2. The van der Waals surface area contributed by atoms with Gasteiger partial charge in [-0.25, -0.2) is 0 Å². The molecule has 16 heavy (non-hydrogen) atoms. The van der Waals surface area contributed by atoms with Crippen molar-refractivity contribution in [1.29, 1.82) is 0 Å². The van der Waals surface area contributed by atoms with Crippen molar-refractivity contribution >= 4 is 11.6 Å². The van der Waals surface area contributed by atoms with Crippen molar-refractivity contribution in [3.63, 3.8) is 0 Å². The molecule has 90 valence electrons. The van der Waals surface area contributed by atoms with Crippen LogP contribution in [0.15, 0.2) is 24.3 Å². The Kier molecular flexibility index (Phi) is 6.27. The van der Waals surface area contributed by atoms with E-state index in [2.05, 4.69) is 19.2 Å². The van der Waals surface area contributed by atoms with Crippen molar-refractivity contribution in [3.05, 3.63) is 29.3 Å². The molecule has 0 radical (unpaired) electrons. The van der Waals surface area contributed by atoms with Gasteiger partial charge < -0.3 is 10.1 Å². The van der Waals surface area contributed by atoms with Gasteiger partial charge in [0.25, 0.3) is 0 Å². The molecule has 0 aliphatic carbocycles. The summed E-state index contributed by atoms with van der Waals surface area (Å²) in [5.41, 5.74) is 0. The van der Waals surface area contributed by atoms with E-state index in [1.165, 1.54) is 0 Å². The first-order valence-electron chi connectivity index (χ1n) is 5.89. The summed E-state index contributed by atoms with van der Waals surface area (Å²) in [5, 5.41) is 4.06. The van der Waals surface area contributed by atoms with E-state index in [1.54, 1.807) is 0 Å². The third kappa shape index (κ3) is 4.86. The average molecular weight is 242 g/mol. The van der Waals surface area contributed by atoms with Crippen LogP contribution in [0.1, 0.15) is 26.7 Å². The Labute approximate surface area is 103 Å². The third-order valence-electron chi connectivity index (χ3n) is 2.35. The summed E-state index contributed by atoms with van der Waals surface area (Å²) in [7, 11) is 0. The van der Waals surface area contributed by atoms with Crippen LogP contribution in [0.3, 0.4) is 0 Å². The van der Waals surface area contributed by atoms with Gasteiger partial charge in [0.05, 0.1) is 0 Å². The van der Waals surface area contributed by atoms with Crippen LogP contribution in [0.25, 0.3) is 0 Å². The standard InChI is InChI=1S/C13H20ClNO/c1-3-5-13(10-15-4-2)16-12-8-6-11(14)7-9-12/h6-9,13,15H,3-5,10H2,1-2H3. The van der Waals surface area contributed by atoms with E-state index in [1.807, 2.05) is 24.3 Å². The minimum Gasteiger partial charge on any atom is -0.489 e. The Morgan fingerprint density at radius 3 is 2.50 bits per heavy atom. The van der Waals surface area contributed by atoms with E-state index in [0.29, 0.717) is 0 Å². The monoisotopic (exact) mass is 241 g/mol. The number of likely N-dealkylation sites (N-methyl/N-ethyl adjacent to an activating group) is 1. The normalized spacial score (nSPS) is 12.4. The molecule has 0 bridgehead atoms. The van der Waals surface area contributed by atoms with E-state index in [9.17, 15) is 0 Å². The van der Waals surface area contributed by atoms with Gasteiger partial charge in [-0.3, -0.25) is 0 Å². The summed E-state index contributed by atoms with van der Waals surface area (Å²) in [6, 6.07) is 7.54. The van der Waals surface area contributed by atoms with Crippen molar-refractivity contribution in [2.45, 2.75) is 32.8 Å². The van der Waals surface area contributed by atoms with Crippen LogP contribution in [0.4, 0.5) is 0 Å². The summed E-state index contributed by atoms with van der Waals surface area (Å²) < 4.78 is 5.89. The predicted octanol–water partition coefficient (Wildman–Crippen LogP) is 3.50. The lowest BCUT2D eigenvalue weighted by Gasteiger charge is -2.18. The second-order valence-corrected chi connectivity index (χ2v) is 4.23. The molecule has 0 heterocycles. The lowest BCUT2D eigenvalue weighted by molar-refractivity contribution is 0.187. The second kappa shape index (κ2) is 7.53. The molecular formula is C13H20ClNO. The fraction of sp³-hybridized carbons (Fsp3) is 0.538. The number of nitrogens with one attached hydrogen (secondary N) is 1. The molecular weight excluding hydrogens is 222 g/mol. The quantitative estimate of drug-likeness (QED) is 0.789. The van der Waals surface area contributed by atoms with Gasteiger partial charge in [0.15, 0.2) is 0 Å². The summed E-state index contributed by atoms with van der Waals surface area (Å²) in [5.74, 6) is 0.890. The molecule has 1 atom stereocenters. The Hall–Kier alpha value is -0.730. The molecule has 1 unspecified atom stereocenters. The molecule has 1 aromatic rings. The number of rotatable bonds is 7. The fourth-order valence-corrected chi connectivity index (χ4v) is 1.66. The van der Waals surface area contributed by atoms with Gasteiger partial charge >= 0.3 is 0 Å². The fourth-order valence-electron chi connectivity index (χ4n) is 1.54. The van der Waals surface area contributed by atoms with Crippen LogP contribution < -0.4 is 10.1 Å². The van der Waals surface area contributed by atoms with Crippen molar-refractivity contribution < 1.29 is 4.74 Å². The molecule has 1 aromatic carbocycles. The van der Waals surface area contributed by atoms with Gasteiger partial charge in [-0.15, -0.1) is 0 Å². The molecule has 1 N–H and O–H groups in total. The molecule has 0 aromatic heterocycles. The average Bonchev–Trinajstić information content (AvgIpc) is 2.29. The Morgan fingerprint density at radius 2 is 1.94 bits per heavy atom. The number of hydrogen-bond donors (Lipinski definition) is 1. The zero-order valence-corrected chi connectivity index (χ0v) is 10.8. The van der Waals surface area contributed by atoms with Crippen LogP contribution in [0, 0.1) is 0 Å². The highest BCUT2D eigenvalue weighted by Gasteiger charge is 2.08. The Balaban J connectivity index is 2.49. The molecule has 0 aliphatic heterocycles. The highest BCUT2D eigenvalue weighted by Crippen LogP contribution is 2.17. The minimum atomic E-state index is 0.242. The van der Waals surface area contributed by atoms with Gasteiger partial charge in [0, 0.05) is 11.6 Å².